The fourth-order valence-electron chi connectivity index (χ4n) is 2.54. The van der Waals surface area contributed by atoms with Crippen LogP contribution in [0.25, 0.3) is 0 Å². The molecule has 2 heteroatoms. The average Bonchev–Trinajstić information content (AvgIpc) is 2.56. The molecule has 3 rings (SSSR count). The molecule has 0 saturated carbocycles. The van der Waals surface area contributed by atoms with Gasteiger partial charge in [0.05, 0.1) is 0 Å². The second kappa shape index (κ2) is 6.20. The van der Waals surface area contributed by atoms with Crippen molar-refractivity contribution in [3.8, 4) is 0 Å². The van der Waals surface area contributed by atoms with Crippen molar-refractivity contribution in [1.29, 1.82) is 0 Å². The summed E-state index contributed by atoms with van der Waals surface area (Å²) >= 11 is 9.51. The minimum absolute atomic E-state index is 0.663. The first kappa shape index (κ1) is 14.6. The van der Waals surface area contributed by atoms with Gasteiger partial charge in [0.2, 0.25) is 0 Å². The van der Waals surface area contributed by atoms with Crippen LogP contribution in [-0.4, -0.2) is 0 Å². The number of alkyl halides is 1. The molecule has 3 aromatic rings. The molecule has 3 aromatic carbocycles. The first-order valence-corrected chi connectivity index (χ1v) is 8.23. The predicted molar refractivity (Wildman–Crippen MR) is 97.8 cm³/mol. The summed E-state index contributed by atoms with van der Waals surface area (Å²) in [5, 5.41) is 0. The minimum Gasteiger partial charge on any atom is -0.104 e. The van der Waals surface area contributed by atoms with Gasteiger partial charge >= 0.3 is 0 Å². The van der Waals surface area contributed by atoms with Gasteiger partial charge in [-0.05, 0) is 51.4 Å². The van der Waals surface area contributed by atoms with Crippen LogP contribution >= 0.6 is 34.2 Å². The number of rotatable bonds is 3. The van der Waals surface area contributed by atoms with Gasteiger partial charge in [-0.25, -0.2) is 0 Å². The second-order valence-corrected chi connectivity index (χ2v) is 6.71. The zero-order chi connectivity index (χ0) is 14.7. The van der Waals surface area contributed by atoms with Crippen molar-refractivity contribution < 1.29 is 0 Å². The molecule has 0 aliphatic carbocycles. The number of benzene rings is 3. The molecule has 0 unspecified atom stereocenters. The van der Waals surface area contributed by atoms with Crippen LogP contribution in [0.15, 0.2) is 84.9 Å². The van der Waals surface area contributed by atoms with Crippen LogP contribution in [0, 0.1) is 3.57 Å². The van der Waals surface area contributed by atoms with Crippen LogP contribution in [0.2, 0.25) is 0 Å². The highest BCUT2D eigenvalue weighted by molar-refractivity contribution is 14.1. The Bertz CT molecular complexity index is 683. The molecule has 0 saturated heterocycles. The van der Waals surface area contributed by atoms with Crippen molar-refractivity contribution in [2.45, 2.75) is 4.87 Å². The minimum atomic E-state index is -0.663. The van der Waals surface area contributed by atoms with Gasteiger partial charge in [0.1, 0.15) is 4.87 Å². The summed E-state index contributed by atoms with van der Waals surface area (Å²) in [5.74, 6) is 0. The molecule has 0 aliphatic rings. The molecule has 0 atom stereocenters. The fourth-order valence-corrected chi connectivity index (χ4v) is 3.45. The monoisotopic (exact) mass is 404 g/mol. The van der Waals surface area contributed by atoms with Crippen molar-refractivity contribution in [3.63, 3.8) is 0 Å². The first-order valence-electron chi connectivity index (χ1n) is 6.77. The highest BCUT2D eigenvalue weighted by Crippen LogP contribution is 2.43. The molecule has 0 heterocycles. The Hall–Kier alpha value is -1.32. The molecule has 0 bridgehead atoms. The summed E-state index contributed by atoms with van der Waals surface area (Å²) in [6.45, 7) is 0. The summed E-state index contributed by atoms with van der Waals surface area (Å²) in [6.07, 6.45) is 0. The van der Waals surface area contributed by atoms with Crippen LogP contribution in [-0.2, 0) is 4.87 Å². The topological polar surface area (TPSA) is 0 Å². The lowest BCUT2D eigenvalue weighted by molar-refractivity contribution is 0.878. The van der Waals surface area contributed by atoms with Crippen LogP contribution in [0.3, 0.4) is 0 Å². The Morgan fingerprint density at radius 3 is 1.57 bits per heavy atom. The maximum Gasteiger partial charge on any atom is 0.119 e. The summed E-state index contributed by atoms with van der Waals surface area (Å²) in [6, 6.07) is 28.9. The fraction of sp³-hybridized carbons (Fsp3) is 0.0526. The second-order valence-electron chi connectivity index (χ2n) is 4.90. The van der Waals surface area contributed by atoms with E-state index in [0.29, 0.717) is 0 Å². The van der Waals surface area contributed by atoms with E-state index in [1.54, 1.807) is 0 Å². The number of hydrogen-bond donors (Lipinski definition) is 0. The molecule has 0 N–H and O–H groups in total. The molecular formula is C19H14ClI. The molecule has 0 spiro atoms. The third-order valence-corrected chi connectivity index (χ3v) is 4.89. The average molecular weight is 405 g/mol. The smallest absolute Gasteiger partial charge is 0.104 e. The molecule has 21 heavy (non-hydrogen) atoms. The van der Waals surface area contributed by atoms with E-state index in [-0.39, 0.29) is 0 Å². The van der Waals surface area contributed by atoms with Crippen molar-refractivity contribution in [1.82, 2.24) is 0 Å². The van der Waals surface area contributed by atoms with Gasteiger partial charge < -0.3 is 0 Å². The molecule has 0 fully saturated rings. The lowest BCUT2D eigenvalue weighted by atomic mass is 9.84. The van der Waals surface area contributed by atoms with E-state index in [2.05, 4.69) is 71.1 Å². The van der Waals surface area contributed by atoms with E-state index >= 15 is 0 Å². The van der Waals surface area contributed by atoms with Gasteiger partial charge in [-0.3, -0.25) is 0 Å². The van der Waals surface area contributed by atoms with Crippen molar-refractivity contribution >= 4 is 34.2 Å². The van der Waals surface area contributed by atoms with E-state index < -0.39 is 4.87 Å². The molecule has 0 aromatic heterocycles. The zero-order valence-electron chi connectivity index (χ0n) is 11.3. The van der Waals surface area contributed by atoms with Crippen LogP contribution in [0.5, 0.6) is 0 Å². The molecule has 0 nitrogen and oxygen atoms in total. The summed E-state index contributed by atoms with van der Waals surface area (Å²) < 4.78 is 1.18. The lowest BCUT2D eigenvalue weighted by Gasteiger charge is -2.29. The quantitative estimate of drug-likeness (QED) is 0.293. The van der Waals surface area contributed by atoms with E-state index in [4.69, 9.17) is 11.6 Å². The van der Waals surface area contributed by atoms with Crippen molar-refractivity contribution in [2.75, 3.05) is 0 Å². The van der Waals surface area contributed by atoms with Gasteiger partial charge in [0, 0.05) is 3.57 Å². The Morgan fingerprint density at radius 1 is 0.619 bits per heavy atom. The largest absolute Gasteiger partial charge is 0.119 e. The van der Waals surface area contributed by atoms with E-state index in [1.165, 1.54) is 3.57 Å². The van der Waals surface area contributed by atoms with E-state index in [1.807, 2.05) is 36.4 Å². The highest BCUT2D eigenvalue weighted by atomic mass is 127. The number of halogens is 2. The Balaban J connectivity index is 2.25. The van der Waals surface area contributed by atoms with Gasteiger partial charge in [0.15, 0.2) is 0 Å². The maximum atomic E-state index is 7.18. The standard InChI is InChI=1S/C19H14ClI/c20-19(15-8-3-1-4-9-15,16-10-5-2-6-11-16)17-12-7-13-18(21)14-17/h1-14H. The lowest BCUT2D eigenvalue weighted by Crippen LogP contribution is -2.22. The molecule has 0 radical (unpaired) electrons. The zero-order valence-corrected chi connectivity index (χ0v) is 14.3. The molecular weight excluding hydrogens is 391 g/mol. The van der Waals surface area contributed by atoms with E-state index in [0.717, 1.165) is 16.7 Å². The third-order valence-electron chi connectivity index (χ3n) is 3.57. The molecule has 104 valence electrons. The Labute approximate surface area is 143 Å². The third kappa shape index (κ3) is 2.85. The summed E-state index contributed by atoms with van der Waals surface area (Å²) in [4.78, 5) is -0.663. The maximum absolute atomic E-state index is 7.18. The van der Waals surface area contributed by atoms with E-state index in [9.17, 15) is 0 Å². The number of hydrogen-bond acceptors (Lipinski definition) is 0. The SMILES string of the molecule is ClC(c1ccccc1)(c1ccccc1)c1cccc(I)c1. The molecule has 0 aliphatic heterocycles. The predicted octanol–water partition coefficient (Wildman–Crippen LogP) is 5.82. The first-order chi connectivity index (χ1) is 10.2. The van der Waals surface area contributed by atoms with Crippen LogP contribution in [0.4, 0.5) is 0 Å². The summed E-state index contributed by atoms with van der Waals surface area (Å²) in [7, 11) is 0. The summed E-state index contributed by atoms with van der Waals surface area (Å²) in [5.41, 5.74) is 3.26. The normalized spacial score (nSPS) is 11.3. The van der Waals surface area contributed by atoms with Gasteiger partial charge in [-0.2, -0.15) is 0 Å². The van der Waals surface area contributed by atoms with Crippen molar-refractivity contribution in [2.24, 2.45) is 0 Å². The van der Waals surface area contributed by atoms with Gasteiger partial charge in [0.25, 0.3) is 0 Å². The Kier molecular flexibility index (Phi) is 4.32. The van der Waals surface area contributed by atoms with Crippen molar-refractivity contribution in [3.05, 3.63) is 105 Å². The van der Waals surface area contributed by atoms with Crippen LogP contribution < -0.4 is 0 Å². The molecule has 0 amide bonds. The van der Waals surface area contributed by atoms with Gasteiger partial charge in [-0.1, -0.05) is 72.8 Å². The highest BCUT2D eigenvalue weighted by Gasteiger charge is 2.33. The van der Waals surface area contributed by atoms with Gasteiger partial charge in [-0.15, -0.1) is 11.6 Å². The Morgan fingerprint density at radius 2 is 1.10 bits per heavy atom. The van der Waals surface area contributed by atoms with Crippen LogP contribution in [0.1, 0.15) is 16.7 Å².